The lowest BCUT2D eigenvalue weighted by Gasteiger charge is -2.11. The van der Waals surface area contributed by atoms with Gasteiger partial charge in [-0.2, -0.15) is 0 Å². The third kappa shape index (κ3) is 4.03. The molecule has 3 nitrogen and oxygen atoms in total. The normalized spacial score (nSPS) is 12.4. The van der Waals surface area contributed by atoms with Crippen molar-refractivity contribution < 1.29 is 9.90 Å². The van der Waals surface area contributed by atoms with Crippen LogP contribution >= 0.6 is 0 Å². The van der Waals surface area contributed by atoms with Crippen molar-refractivity contribution in [2.45, 2.75) is 32.7 Å². The molecular formula is C13H19NO2. The molecule has 0 fully saturated rings. The summed E-state index contributed by atoms with van der Waals surface area (Å²) < 4.78 is 0. The highest BCUT2D eigenvalue weighted by Crippen LogP contribution is 2.05. The number of hydrogen-bond donors (Lipinski definition) is 2. The van der Waals surface area contributed by atoms with E-state index in [1.165, 1.54) is 0 Å². The van der Waals surface area contributed by atoms with Crippen LogP contribution in [-0.4, -0.2) is 23.7 Å². The highest BCUT2D eigenvalue weighted by Gasteiger charge is 2.03. The van der Waals surface area contributed by atoms with E-state index in [0.29, 0.717) is 11.6 Å². The molecule has 0 aromatic heterocycles. The Hall–Kier alpha value is -1.35. The molecule has 16 heavy (non-hydrogen) atoms. The summed E-state index contributed by atoms with van der Waals surface area (Å²) in [5, 5.41) is 12.2. The zero-order valence-electron chi connectivity index (χ0n) is 9.86. The number of benzene rings is 1. The second-order valence-electron chi connectivity index (χ2n) is 4.02. The van der Waals surface area contributed by atoms with E-state index in [1.54, 1.807) is 18.2 Å². The summed E-state index contributed by atoms with van der Waals surface area (Å²) in [6.45, 7) is 5.18. The van der Waals surface area contributed by atoms with E-state index in [4.69, 9.17) is 5.11 Å². The van der Waals surface area contributed by atoms with E-state index in [-0.39, 0.29) is 0 Å². The molecular weight excluding hydrogens is 202 g/mol. The lowest BCUT2D eigenvalue weighted by Crippen LogP contribution is -2.27. The highest BCUT2D eigenvalue weighted by atomic mass is 16.4. The van der Waals surface area contributed by atoms with Gasteiger partial charge in [0.25, 0.3) is 0 Å². The average molecular weight is 221 g/mol. The molecule has 0 bridgehead atoms. The van der Waals surface area contributed by atoms with Crippen LogP contribution in [0.15, 0.2) is 24.3 Å². The number of carbonyl (C=O) groups is 1. The van der Waals surface area contributed by atoms with E-state index in [1.807, 2.05) is 6.07 Å². The molecule has 0 saturated carbocycles. The molecule has 0 amide bonds. The van der Waals surface area contributed by atoms with Crippen LogP contribution in [0.4, 0.5) is 0 Å². The first-order valence-corrected chi connectivity index (χ1v) is 5.69. The van der Waals surface area contributed by atoms with Gasteiger partial charge in [-0.25, -0.2) is 4.79 Å². The van der Waals surface area contributed by atoms with Crippen molar-refractivity contribution in [2.75, 3.05) is 6.54 Å². The summed E-state index contributed by atoms with van der Waals surface area (Å²) in [7, 11) is 0. The average Bonchev–Trinajstić information content (AvgIpc) is 2.29. The molecule has 0 radical (unpaired) electrons. The smallest absolute Gasteiger partial charge is 0.335 e. The predicted molar refractivity (Wildman–Crippen MR) is 64.9 cm³/mol. The Bertz CT molecular complexity index is 350. The summed E-state index contributed by atoms with van der Waals surface area (Å²) in [5.74, 6) is -0.864. The number of hydrogen-bond acceptors (Lipinski definition) is 2. The first-order chi connectivity index (χ1) is 7.63. The SMILES string of the molecule is CCC(C)NCCc1cccc(C(=O)O)c1. The lowest BCUT2D eigenvalue weighted by molar-refractivity contribution is 0.0697. The predicted octanol–water partition coefficient (Wildman–Crippen LogP) is 2.32. The van der Waals surface area contributed by atoms with Gasteiger partial charge in [0.2, 0.25) is 0 Å². The van der Waals surface area contributed by atoms with Crippen LogP contribution in [-0.2, 0) is 6.42 Å². The number of rotatable bonds is 6. The minimum atomic E-state index is -0.864. The van der Waals surface area contributed by atoms with Gasteiger partial charge in [-0.1, -0.05) is 19.1 Å². The third-order valence-electron chi connectivity index (χ3n) is 2.69. The Morgan fingerprint density at radius 3 is 2.88 bits per heavy atom. The van der Waals surface area contributed by atoms with E-state index in [2.05, 4.69) is 19.2 Å². The molecule has 88 valence electrons. The summed E-state index contributed by atoms with van der Waals surface area (Å²) >= 11 is 0. The van der Waals surface area contributed by atoms with Gasteiger partial charge in [-0.05, 0) is 44.0 Å². The summed E-state index contributed by atoms with van der Waals surface area (Å²) in [5.41, 5.74) is 1.43. The summed E-state index contributed by atoms with van der Waals surface area (Å²) in [6, 6.07) is 7.63. The van der Waals surface area contributed by atoms with Crippen molar-refractivity contribution in [1.29, 1.82) is 0 Å². The van der Waals surface area contributed by atoms with Gasteiger partial charge >= 0.3 is 5.97 Å². The van der Waals surface area contributed by atoms with Crippen LogP contribution < -0.4 is 5.32 Å². The quantitative estimate of drug-likeness (QED) is 0.775. The molecule has 2 N–H and O–H groups in total. The Morgan fingerprint density at radius 1 is 1.50 bits per heavy atom. The fourth-order valence-corrected chi connectivity index (χ4v) is 1.47. The van der Waals surface area contributed by atoms with E-state index >= 15 is 0 Å². The molecule has 0 spiro atoms. The maximum absolute atomic E-state index is 10.8. The molecule has 1 atom stereocenters. The van der Waals surface area contributed by atoms with Crippen LogP contribution in [0.25, 0.3) is 0 Å². The van der Waals surface area contributed by atoms with Crippen LogP contribution in [0.5, 0.6) is 0 Å². The van der Waals surface area contributed by atoms with Crippen LogP contribution in [0, 0.1) is 0 Å². The van der Waals surface area contributed by atoms with Gasteiger partial charge in [0, 0.05) is 6.04 Å². The maximum Gasteiger partial charge on any atom is 0.335 e. The van der Waals surface area contributed by atoms with E-state index in [0.717, 1.165) is 24.9 Å². The zero-order chi connectivity index (χ0) is 12.0. The van der Waals surface area contributed by atoms with E-state index < -0.39 is 5.97 Å². The van der Waals surface area contributed by atoms with Crippen LogP contribution in [0.3, 0.4) is 0 Å². The Labute approximate surface area is 96.5 Å². The van der Waals surface area contributed by atoms with Gasteiger partial charge < -0.3 is 10.4 Å². The zero-order valence-corrected chi connectivity index (χ0v) is 9.86. The van der Waals surface area contributed by atoms with Crippen molar-refractivity contribution in [1.82, 2.24) is 5.32 Å². The van der Waals surface area contributed by atoms with Gasteiger partial charge in [0.05, 0.1) is 5.56 Å². The first kappa shape index (κ1) is 12.7. The minimum absolute atomic E-state index is 0.362. The molecule has 0 saturated heterocycles. The molecule has 0 aliphatic carbocycles. The number of nitrogens with one attached hydrogen (secondary N) is 1. The fourth-order valence-electron chi connectivity index (χ4n) is 1.47. The topological polar surface area (TPSA) is 49.3 Å². The molecule has 1 unspecified atom stereocenters. The second-order valence-corrected chi connectivity index (χ2v) is 4.02. The molecule has 0 aliphatic heterocycles. The lowest BCUT2D eigenvalue weighted by atomic mass is 10.1. The summed E-state index contributed by atoms with van der Waals surface area (Å²) in [4.78, 5) is 10.8. The Kier molecular flexibility index (Phi) is 4.99. The third-order valence-corrected chi connectivity index (χ3v) is 2.69. The molecule has 1 aromatic rings. The number of aromatic carboxylic acids is 1. The minimum Gasteiger partial charge on any atom is -0.478 e. The van der Waals surface area contributed by atoms with Crippen molar-refractivity contribution in [3.63, 3.8) is 0 Å². The largest absolute Gasteiger partial charge is 0.478 e. The molecule has 1 rings (SSSR count). The molecule has 0 heterocycles. The maximum atomic E-state index is 10.8. The number of carboxylic acid groups (broad SMARTS) is 1. The van der Waals surface area contributed by atoms with Crippen molar-refractivity contribution in [3.05, 3.63) is 35.4 Å². The Morgan fingerprint density at radius 2 is 2.25 bits per heavy atom. The molecule has 1 aromatic carbocycles. The van der Waals surface area contributed by atoms with Gasteiger partial charge in [-0.15, -0.1) is 0 Å². The standard InChI is InChI=1S/C13H19NO2/c1-3-10(2)14-8-7-11-5-4-6-12(9-11)13(15)16/h4-6,9-10,14H,3,7-8H2,1-2H3,(H,15,16). The van der Waals surface area contributed by atoms with Crippen LogP contribution in [0.2, 0.25) is 0 Å². The monoisotopic (exact) mass is 221 g/mol. The van der Waals surface area contributed by atoms with Gasteiger partial charge in [0.1, 0.15) is 0 Å². The second kappa shape index (κ2) is 6.28. The number of carboxylic acids is 1. The molecule has 3 heteroatoms. The van der Waals surface area contributed by atoms with E-state index in [9.17, 15) is 4.79 Å². The van der Waals surface area contributed by atoms with Crippen molar-refractivity contribution in [2.24, 2.45) is 0 Å². The van der Waals surface area contributed by atoms with Gasteiger partial charge in [0.15, 0.2) is 0 Å². The molecule has 0 aliphatic rings. The first-order valence-electron chi connectivity index (χ1n) is 5.69. The Balaban J connectivity index is 2.48. The van der Waals surface area contributed by atoms with Gasteiger partial charge in [-0.3, -0.25) is 0 Å². The van der Waals surface area contributed by atoms with Crippen LogP contribution in [0.1, 0.15) is 36.2 Å². The fraction of sp³-hybridized carbons (Fsp3) is 0.462. The summed E-state index contributed by atoms with van der Waals surface area (Å²) in [6.07, 6.45) is 1.97. The van der Waals surface area contributed by atoms with Crippen molar-refractivity contribution >= 4 is 5.97 Å². The van der Waals surface area contributed by atoms with Crippen molar-refractivity contribution in [3.8, 4) is 0 Å². The highest BCUT2D eigenvalue weighted by molar-refractivity contribution is 5.87.